The molecule has 0 aliphatic heterocycles. The lowest BCUT2D eigenvalue weighted by atomic mass is 10.3. The van der Waals surface area contributed by atoms with E-state index in [1.165, 1.54) is 11.3 Å². The lowest BCUT2D eigenvalue weighted by molar-refractivity contribution is -0.141. The van der Waals surface area contributed by atoms with E-state index in [1.807, 2.05) is 6.92 Å². The van der Waals surface area contributed by atoms with Gasteiger partial charge in [0.2, 0.25) is 5.95 Å². The Balaban J connectivity index is 2.43. The first-order valence-electron chi connectivity index (χ1n) is 5.74. The van der Waals surface area contributed by atoms with E-state index in [9.17, 15) is 13.2 Å². The number of anilines is 1. The highest BCUT2D eigenvalue weighted by Gasteiger charge is 2.33. The van der Waals surface area contributed by atoms with Crippen molar-refractivity contribution >= 4 is 17.3 Å². The minimum atomic E-state index is -4.47. The highest BCUT2D eigenvalue weighted by Crippen LogP contribution is 2.32. The Hall–Kier alpha value is -1.63. The van der Waals surface area contributed by atoms with Gasteiger partial charge in [0, 0.05) is 6.54 Å². The molecule has 7 heteroatoms. The second-order valence-electron chi connectivity index (χ2n) is 3.86. The van der Waals surface area contributed by atoms with Crippen LogP contribution in [0.3, 0.4) is 0 Å². The first kappa shape index (κ1) is 13.8. The summed E-state index contributed by atoms with van der Waals surface area (Å²) >= 11 is 1.34. The summed E-state index contributed by atoms with van der Waals surface area (Å²) in [5, 5.41) is 4.59. The van der Waals surface area contributed by atoms with Crippen LogP contribution in [0.4, 0.5) is 19.1 Å². The van der Waals surface area contributed by atoms with Gasteiger partial charge < -0.3 is 5.32 Å². The number of thiophene rings is 1. The largest absolute Gasteiger partial charge is 0.433 e. The number of hydrogen-bond donors (Lipinski definition) is 1. The van der Waals surface area contributed by atoms with Gasteiger partial charge in [-0.3, -0.25) is 0 Å². The van der Waals surface area contributed by atoms with Gasteiger partial charge in [-0.25, -0.2) is 9.97 Å². The van der Waals surface area contributed by atoms with E-state index in [1.54, 1.807) is 17.5 Å². The lowest BCUT2D eigenvalue weighted by Crippen LogP contribution is -2.13. The smallest absolute Gasteiger partial charge is 0.354 e. The molecule has 0 saturated heterocycles. The van der Waals surface area contributed by atoms with E-state index in [0.29, 0.717) is 11.4 Å². The first-order chi connectivity index (χ1) is 9.00. The molecule has 19 heavy (non-hydrogen) atoms. The highest BCUT2D eigenvalue weighted by molar-refractivity contribution is 7.13. The molecular formula is C12H12F3N3S. The Labute approximate surface area is 112 Å². The van der Waals surface area contributed by atoms with Crippen molar-refractivity contribution in [3.8, 4) is 10.6 Å². The number of alkyl halides is 3. The third kappa shape index (κ3) is 3.44. The maximum Gasteiger partial charge on any atom is 0.433 e. The molecule has 102 valence electrons. The summed E-state index contributed by atoms with van der Waals surface area (Å²) in [5.74, 6) is 0.0140. The van der Waals surface area contributed by atoms with Crippen LogP contribution in [0.25, 0.3) is 10.6 Å². The van der Waals surface area contributed by atoms with Gasteiger partial charge in [-0.05, 0) is 23.9 Å². The standard InChI is InChI=1S/C12H12F3N3S/c1-2-5-16-11-17-8(9-4-3-6-19-9)7-10(18-11)12(13,14)15/h3-4,6-7H,2,5H2,1H3,(H,16,17,18). The van der Waals surface area contributed by atoms with Gasteiger partial charge >= 0.3 is 6.18 Å². The molecule has 0 radical (unpaired) electrons. The van der Waals surface area contributed by atoms with Crippen LogP contribution in [0.15, 0.2) is 23.6 Å². The number of aromatic nitrogens is 2. The zero-order chi connectivity index (χ0) is 13.9. The molecule has 0 aliphatic carbocycles. The van der Waals surface area contributed by atoms with E-state index in [-0.39, 0.29) is 11.6 Å². The van der Waals surface area contributed by atoms with Crippen LogP contribution in [0.5, 0.6) is 0 Å². The maximum atomic E-state index is 12.8. The minimum Gasteiger partial charge on any atom is -0.354 e. The zero-order valence-electron chi connectivity index (χ0n) is 10.2. The van der Waals surface area contributed by atoms with Crippen molar-refractivity contribution in [1.82, 2.24) is 9.97 Å². The number of nitrogens with one attached hydrogen (secondary N) is 1. The van der Waals surface area contributed by atoms with Crippen molar-refractivity contribution in [3.63, 3.8) is 0 Å². The van der Waals surface area contributed by atoms with Gasteiger partial charge in [0.05, 0.1) is 10.6 Å². The third-order valence-corrected chi connectivity index (χ3v) is 3.22. The molecule has 0 unspecified atom stereocenters. The first-order valence-corrected chi connectivity index (χ1v) is 6.62. The van der Waals surface area contributed by atoms with Gasteiger partial charge in [-0.2, -0.15) is 13.2 Å². The van der Waals surface area contributed by atoms with Crippen LogP contribution in [0.1, 0.15) is 19.0 Å². The fourth-order valence-electron chi connectivity index (χ4n) is 1.46. The summed E-state index contributed by atoms with van der Waals surface area (Å²) in [6.45, 7) is 2.45. The van der Waals surface area contributed by atoms with Crippen molar-refractivity contribution in [3.05, 3.63) is 29.3 Å². The molecule has 0 spiro atoms. The molecule has 1 N–H and O–H groups in total. The summed E-state index contributed by atoms with van der Waals surface area (Å²) < 4.78 is 38.4. The second kappa shape index (κ2) is 5.56. The molecule has 2 heterocycles. The Kier molecular flexibility index (Phi) is 4.04. The Morgan fingerprint density at radius 1 is 1.32 bits per heavy atom. The van der Waals surface area contributed by atoms with E-state index in [4.69, 9.17) is 0 Å². The fourth-order valence-corrected chi connectivity index (χ4v) is 2.15. The molecular weight excluding hydrogens is 275 g/mol. The normalized spacial score (nSPS) is 11.6. The van der Waals surface area contributed by atoms with E-state index < -0.39 is 11.9 Å². The van der Waals surface area contributed by atoms with Crippen LogP contribution in [0, 0.1) is 0 Å². The molecule has 0 aliphatic rings. The molecule has 2 aromatic rings. The molecule has 2 rings (SSSR count). The average Bonchev–Trinajstić information content (AvgIpc) is 2.89. The van der Waals surface area contributed by atoms with Crippen molar-refractivity contribution in [1.29, 1.82) is 0 Å². The van der Waals surface area contributed by atoms with Gasteiger partial charge in [0.25, 0.3) is 0 Å². The number of rotatable bonds is 4. The summed E-state index contributed by atoms with van der Waals surface area (Å²) in [6, 6.07) is 4.48. The number of nitrogens with zero attached hydrogens (tertiary/aromatic N) is 2. The maximum absolute atomic E-state index is 12.8. The minimum absolute atomic E-state index is 0.0140. The van der Waals surface area contributed by atoms with Gasteiger partial charge in [0.1, 0.15) is 0 Å². The van der Waals surface area contributed by atoms with Crippen LogP contribution >= 0.6 is 11.3 Å². The van der Waals surface area contributed by atoms with Gasteiger partial charge in [-0.15, -0.1) is 11.3 Å². The second-order valence-corrected chi connectivity index (χ2v) is 4.81. The Morgan fingerprint density at radius 3 is 2.68 bits per heavy atom. The van der Waals surface area contributed by atoms with Crippen LogP contribution in [0.2, 0.25) is 0 Å². The topological polar surface area (TPSA) is 37.8 Å². The molecule has 0 aromatic carbocycles. The number of hydrogen-bond acceptors (Lipinski definition) is 4. The SMILES string of the molecule is CCCNc1nc(-c2cccs2)cc(C(F)(F)F)n1. The molecule has 0 amide bonds. The fraction of sp³-hybridized carbons (Fsp3) is 0.333. The van der Waals surface area contributed by atoms with Crippen molar-refractivity contribution in [2.24, 2.45) is 0 Å². The highest BCUT2D eigenvalue weighted by atomic mass is 32.1. The van der Waals surface area contributed by atoms with Crippen molar-refractivity contribution < 1.29 is 13.2 Å². The summed E-state index contributed by atoms with van der Waals surface area (Å²) in [5.41, 5.74) is -0.638. The summed E-state index contributed by atoms with van der Waals surface area (Å²) in [6.07, 6.45) is -3.69. The van der Waals surface area contributed by atoms with Crippen molar-refractivity contribution in [2.45, 2.75) is 19.5 Å². The van der Waals surface area contributed by atoms with Crippen LogP contribution in [-0.4, -0.2) is 16.5 Å². The van der Waals surface area contributed by atoms with Gasteiger partial charge in [-0.1, -0.05) is 13.0 Å². The monoisotopic (exact) mass is 287 g/mol. The van der Waals surface area contributed by atoms with Crippen LogP contribution in [-0.2, 0) is 6.18 Å². The Morgan fingerprint density at radius 2 is 2.11 bits per heavy atom. The molecule has 0 atom stereocenters. The molecule has 0 bridgehead atoms. The quantitative estimate of drug-likeness (QED) is 0.922. The zero-order valence-corrected chi connectivity index (χ0v) is 11.0. The molecule has 0 saturated carbocycles. The third-order valence-electron chi connectivity index (χ3n) is 2.32. The van der Waals surface area contributed by atoms with Crippen molar-refractivity contribution in [2.75, 3.05) is 11.9 Å². The van der Waals surface area contributed by atoms with E-state index >= 15 is 0 Å². The predicted octanol–water partition coefficient (Wildman–Crippen LogP) is 4.05. The predicted molar refractivity (Wildman–Crippen MR) is 69.1 cm³/mol. The molecule has 2 aromatic heterocycles. The molecule has 0 fully saturated rings. The lowest BCUT2D eigenvalue weighted by Gasteiger charge is -2.10. The average molecular weight is 287 g/mol. The summed E-state index contributed by atoms with van der Waals surface area (Å²) in [7, 11) is 0. The van der Waals surface area contributed by atoms with Gasteiger partial charge in [0.15, 0.2) is 5.69 Å². The molecule has 3 nitrogen and oxygen atoms in total. The summed E-state index contributed by atoms with van der Waals surface area (Å²) in [4.78, 5) is 8.31. The Bertz CT molecular complexity index is 538. The number of halogens is 3. The van der Waals surface area contributed by atoms with E-state index in [2.05, 4.69) is 15.3 Å². The van der Waals surface area contributed by atoms with Crippen LogP contribution < -0.4 is 5.32 Å². The van der Waals surface area contributed by atoms with E-state index in [0.717, 1.165) is 12.5 Å².